The summed E-state index contributed by atoms with van der Waals surface area (Å²) < 4.78 is 5.98. The zero-order valence-electron chi connectivity index (χ0n) is 15.1. The van der Waals surface area contributed by atoms with Gasteiger partial charge in [-0.2, -0.15) is 0 Å². The summed E-state index contributed by atoms with van der Waals surface area (Å²) in [5.41, 5.74) is -0.786. The molecule has 0 aliphatic carbocycles. The Morgan fingerprint density at radius 2 is 2.00 bits per heavy atom. The quantitative estimate of drug-likeness (QED) is 0.392. The summed E-state index contributed by atoms with van der Waals surface area (Å²) in [7, 11) is 1.53. The van der Waals surface area contributed by atoms with Crippen LogP contribution in [-0.2, 0) is 19.1 Å². The van der Waals surface area contributed by atoms with E-state index in [-0.39, 0.29) is 23.8 Å². The Bertz CT molecular complexity index is 588. The van der Waals surface area contributed by atoms with Gasteiger partial charge in [-0.1, -0.05) is 44.8 Å². The molecule has 1 N–H and O–H groups in total. The van der Waals surface area contributed by atoms with Gasteiger partial charge in [-0.25, -0.2) is 0 Å². The fourth-order valence-corrected chi connectivity index (χ4v) is 4.29. The average molecular weight is 348 g/mol. The number of amides is 3. The van der Waals surface area contributed by atoms with E-state index in [0.717, 1.165) is 12.8 Å². The molecule has 138 valence electrons. The Balaban J connectivity index is 1.48. The van der Waals surface area contributed by atoms with Crippen LogP contribution in [-0.4, -0.2) is 47.9 Å². The highest BCUT2D eigenvalue weighted by Crippen LogP contribution is 2.53. The lowest BCUT2D eigenvalue weighted by molar-refractivity contribution is -0.143. The molecule has 3 rings (SSSR count). The number of imide groups is 1. The van der Waals surface area contributed by atoms with Crippen LogP contribution < -0.4 is 5.32 Å². The van der Waals surface area contributed by atoms with Gasteiger partial charge < -0.3 is 10.1 Å². The molecule has 3 amide bonds. The second-order valence-corrected chi connectivity index (χ2v) is 7.40. The highest BCUT2D eigenvalue weighted by atomic mass is 16.5. The number of ether oxygens (including phenoxy) is 1. The number of likely N-dealkylation sites (tertiary alicyclic amines) is 1. The number of hydrogen-bond donors (Lipinski definition) is 1. The predicted octanol–water partition coefficient (Wildman–Crippen LogP) is 1.79. The van der Waals surface area contributed by atoms with E-state index in [1.54, 1.807) is 0 Å². The van der Waals surface area contributed by atoms with E-state index < -0.39 is 17.4 Å². The molecule has 0 aromatic rings. The monoisotopic (exact) mass is 348 g/mol. The zero-order valence-corrected chi connectivity index (χ0v) is 15.1. The molecular formula is C19H28N2O4. The molecule has 6 nitrogen and oxygen atoms in total. The highest BCUT2D eigenvalue weighted by Gasteiger charge is 2.66. The molecule has 0 aromatic carbocycles. The Labute approximate surface area is 149 Å². The second-order valence-electron chi connectivity index (χ2n) is 7.40. The third kappa shape index (κ3) is 3.24. The zero-order chi connectivity index (χ0) is 18.0. The van der Waals surface area contributed by atoms with E-state index in [0.29, 0.717) is 19.4 Å². The van der Waals surface area contributed by atoms with Gasteiger partial charge in [0.2, 0.25) is 17.7 Å². The van der Waals surface area contributed by atoms with Crippen LogP contribution in [0.2, 0.25) is 0 Å². The van der Waals surface area contributed by atoms with Crippen LogP contribution in [0.5, 0.6) is 0 Å². The number of unbranched alkanes of at least 4 members (excludes halogenated alkanes) is 4. The topological polar surface area (TPSA) is 75.7 Å². The Hall–Kier alpha value is -1.69. The van der Waals surface area contributed by atoms with Gasteiger partial charge in [-0.05, 0) is 12.8 Å². The van der Waals surface area contributed by atoms with Crippen LogP contribution >= 0.6 is 0 Å². The average Bonchev–Trinajstić information content (AvgIpc) is 3.23. The number of nitrogens with one attached hydrogen (secondary N) is 1. The minimum Gasteiger partial charge on any atom is -0.362 e. The lowest BCUT2D eigenvalue weighted by Gasteiger charge is -2.28. The van der Waals surface area contributed by atoms with Crippen molar-refractivity contribution in [2.75, 3.05) is 13.6 Å². The largest absolute Gasteiger partial charge is 0.362 e. The first-order valence-electron chi connectivity index (χ1n) is 9.45. The van der Waals surface area contributed by atoms with Gasteiger partial charge in [0.05, 0.1) is 17.9 Å². The fourth-order valence-electron chi connectivity index (χ4n) is 4.29. The minimum absolute atomic E-state index is 0.0149. The van der Waals surface area contributed by atoms with Gasteiger partial charge >= 0.3 is 0 Å². The molecule has 2 saturated heterocycles. The molecule has 4 unspecified atom stereocenters. The van der Waals surface area contributed by atoms with Gasteiger partial charge in [-0.3, -0.25) is 19.3 Å². The summed E-state index contributed by atoms with van der Waals surface area (Å²) in [6.45, 7) is 2.88. The maximum atomic E-state index is 12.4. The molecular weight excluding hydrogens is 320 g/mol. The summed E-state index contributed by atoms with van der Waals surface area (Å²) in [6.07, 6.45) is 9.98. The van der Waals surface area contributed by atoms with Crippen LogP contribution in [0.3, 0.4) is 0 Å². The van der Waals surface area contributed by atoms with E-state index >= 15 is 0 Å². The second kappa shape index (κ2) is 7.28. The first-order chi connectivity index (χ1) is 12.0. The first kappa shape index (κ1) is 18.1. The van der Waals surface area contributed by atoms with E-state index in [4.69, 9.17) is 4.74 Å². The summed E-state index contributed by atoms with van der Waals surface area (Å²) in [5.74, 6) is -1.24. The lowest BCUT2D eigenvalue weighted by atomic mass is 9.75. The van der Waals surface area contributed by atoms with Crippen molar-refractivity contribution in [3.63, 3.8) is 0 Å². The Kier molecular flexibility index (Phi) is 5.27. The molecule has 3 heterocycles. The first-order valence-corrected chi connectivity index (χ1v) is 9.45. The van der Waals surface area contributed by atoms with Crippen molar-refractivity contribution in [1.29, 1.82) is 0 Å². The highest BCUT2D eigenvalue weighted by molar-refractivity contribution is 6.06. The minimum atomic E-state index is -0.786. The fraction of sp³-hybridized carbons (Fsp3) is 0.737. The predicted molar refractivity (Wildman–Crippen MR) is 92.5 cm³/mol. The SMILES string of the molecule is CCCCCCCNC(=O)CCC12C=CC(O1)C1C(=O)N(C)C(=O)C12. The van der Waals surface area contributed by atoms with Crippen molar-refractivity contribution < 1.29 is 19.1 Å². The van der Waals surface area contributed by atoms with Gasteiger partial charge in [0, 0.05) is 20.0 Å². The third-order valence-electron chi connectivity index (χ3n) is 5.72. The normalized spacial score (nSPS) is 32.6. The maximum Gasteiger partial charge on any atom is 0.236 e. The Morgan fingerprint density at radius 1 is 1.24 bits per heavy atom. The molecule has 0 aromatic heterocycles. The number of carbonyl (C=O) groups excluding carboxylic acids is 3. The van der Waals surface area contributed by atoms with Crippen LogP contribution in [0.15, 0.2) is 12.2 Å². The maximum absolute atomic E-state index is 12.4. The summed E-state index contributed by atoms with van der Waals surface area (Å²) in [4.78, 5) is 38.0. The molecule has 2 bridgehead atoms. The van der Waals surface area contributed by atoms with Crippen LogP contribution in [0.25, 0.3) is 0 Å². The summed E-state index contributed by atoms with van der Waals surface area (Å²) >= 11 is 0. The van der Waals surface area contributed by atoms with E-state index in [1.165, 1.54) is 31.2 Å². The summed E-state index contributed by atoms with van der Waals surface area (Å²) in [5, 5.41) is 2.95. The van der Waals surface area contributed by atoms with Crippen LogP contribution in [0.4, 0.5) is 0 Å². The smallest absolute Gasteiger partial charge is 0.236 e. The molecule has 0 spiro atoms. The molecule has 3 aliphatic rings. The van der Waals surface area contributed by atoms with Crippen molar-refractivity contribution in [2.45, 2.75) is 63.6 Å². The Morgan fingerprint density at radius 3 is 2.76 bits per heavy atom. The molecule has 3 aliphatic heterocycles. The van der Waals surface area contributed by atoms with Gasteiger partial charge in [-0.15, -0.1) is 0 Å². The standard InChI is InChI=1S/C19H28N2O4/c1-3-4-5-6-7-12-20-14(22)9-11-19-10-8-13(25-19)15-16(19)18(24)21(2)17(15)23/h8,10,13,15-16H,3-7,9,11-12H2,1-2H3,(H,20,22). The number of hydrogen-bond acceptors (Lipinski definition) is 4. The van der Waals surface area contributed by atoms with Gasteiger partial charge in [0.25, 0.3) is 0 Å². The van der Waals surface area contributed by atoms with Crippen LogP contribution in [0, 0.1) is 11.8 Å². The number of fused-ring (bicyclic) bond motifs is 5. The van der Waals surface area contributed by atoms with E-state index in [2.05, 4.69) is 12.2 Å². The number of rotatable bonds is 9. The lowest BCUT2D eigenvalue weighted by Crippen LogP contribution is -2.40. The van der Waals surface area contributed by atoms with Crippen molar-refractivity contribution in [3.05, 3.63) is 12.2 Å². The van der Waals surface area contributed by atoms with Crippen molar-refractivity contribution >= 4 is 17.7 Å². The summed E-state index contributed by atoms with van der Waals surface area (Å²) in [6, 6.07) is 0. The molecule has 2 fully saturated rings. The molecule has 6 heteroatoms. The molecule has 4 atom stereocenters. The molecule has 0 radical (unpaired) electrons. The van der Waals surface area contributed by atoms with Crippen molar-refractivity contribution in [3.8, 4) is 0 Å². The molecule has 0 saturated carbocycles. The van der Waals surface area contributed by atoms with E-state index in [9.17, 15) is 14.4 Å². The van der Waals surface area contributed by atoms with Gasteiger partial charge in [0.1, 0.15) is 5.60 Å². The van der Waals surface area contributed by atoms with Gasteiger partial charge in [0.15, 0.2) is 0 Å². The molecule has 25 heavy (non-hydrogen) atoms. The third-order valence-corrected chi connectivity index (χ3v) is 5.72. The van der Waals surface area contributed by atoms with Crippen LogP contribution in [0.1, 0.15) is 51.9 Å². The number of nitrogens with zero attached hydrogens (tertiary/aromatic N) is 1. The van der Waals surface area contributed by atoms with Crippen molar-refractivity contribution in [1.82, 2.24) is 10.2 Å². The van der Waals surface area contributed by atoms with Crippen molar-refractivity contribution in [2.24, 2.45) is 11.8 Å². The van der Waals surface area contributed by atoms with E-state index in [1.807, 2.05) is 12.2 Å². The number of carbonyl (C=O) groups is 3.